The summed E-state index contributed by atoms with van der Waals surface area (Å²) >= 11 is 1.89. The number of fused-ring (bicyclic) bond motifs is 27. The van der Waals surface area contributed by atoms with E-state index >= 15 is 0 Å². The van der Waals surface area contributed by atoms with Crippen molar-refractivity contribution in [2.75, 3.05) is 0 Å². The van der Waals surface area contributed by atoms with E-state index in [1.54, 1.807) is 0 Å². The summed E-state index contributed by atoms with van der Waals surface area (Å²) in [5.74, 6) is 0. The first-order chi connectivity index (χ1) is 60.6. The number of benzene rings is 19. The van der Waals surface area contributed by atoms with Gasteiger partial charge in [0.25, 0.3) is 0 Å². The molecule has 0 aliphatic rings. The summed E-state index contributed by atoms with van der Waals surface area (Å²) in [5.41, 5.74) is 27.9. The first-order valence-electron chi connectivity index (χ1n) is 41.8. The summed E-state index contributed by atoms with van der Waals surface area (Å²) < 4.78 is 19.6. The van der Waals surface area contributed by atoms with Gasteiger partial charge >= 0.3 is 0 Å². The molecule has 0 unspecified atom stereocenters. The number of nitrogens with zero attached hydrogens (tertiary/aromatic N) is 7. The molecule has 8 heterocycles. The molecule has 122 heavy (non-hydrogen) atoms. The van der Waals surface area contributed by atoms with Gasteiger partial charge in [-0.2, -0.15) is 0 Å². The number of aromatic nitrogens is 7. The molecule has 27 aromatic rings. The molecule has 7 nitrogen and oxygen atoms in total. The zero-order chi connectivity index (χ0) is 80.0. The Hall–Kier alpha value is -16.0. The number of para-hydroxylation sites is 11. The summed E-state index contributed by atoms with van der Waals surface area (Å²) in [4.78, 5) is 0. The summed E-state index contributed by atoms with van der Waals surface area (Å²) in [6.07, 6.45) is 0. The van der Waals surface area contributed by atoms with Gasteiger partial charge in [-0.05, 0) is 181 Å². The van der Waals surface area contributed by atoms with Gasteiger partial charge in [0.05, 0.1) is 81.9 Å². The van der Waals surface area contributed by atoms with Gasteiger partial charge in [0.15, 0.2) is 0 Å². The summed E-state index contributed by atoms with van der Waals surface area (Å²) in [6.45, 7) is 0. The highest BCUT2D eigenvalue weighted by Crippen LogP contribution is 2.48. The minimum Gasteiger partial charge on any atom is -0.309 e. The second-order valence-electron chi connectivity index (χ2n) is 31.8. The van der Waals surface area contributed by atoms with Crippen molar-refractivity contribution in [2.24, 2.45) is 0 Å². The quantitative estimate of drug-likeness (QED) is 0.145. The molecule has 19 aromatic carbocycles. The van der Waals surface area contributed by atoms with E-state index < -0.39 is 0 Å². The number of rotatable bonds is 8. The number of thiophene rings is 1. The Morgan fingerprint density at radius 3 is 0.795 bits per heavy atom. The highest BCUT2D eigenvalue weighted by atomic mass is 32.1. The van der Waals surface area contributed by atoms with Gasteiger partial charge in [-0.3, -0.25) is 0 Å². The van der Waals surface area contributed by atoms with Crippen molar-refractivity contribution in [3.63, 3.8) is 0 Å². The molecule has 0 saturated heterocycles. The van der Waals surface area contributed by atoms with Crippen LogP contribution in [0.25, 0.3) is 224 Å². The third-order valence-electron chi connectivity index (χ3n) is 25.2. The lowest BCUT2D eigenvalue weighted by atomic mass is 10.1. The molecule has 0 aliphatic heterocycles. The molecule has 0 aliphatic carbocycles. The Morgan fingerprint density at radius 1 is 0.139 bits per heavy atom. The molecule has 8 heteroatoms. The van der Waals surface area contributed by atoms with Gasteiger partial charge in [-0.1, -0.05) is 273 Å². The lowest BCUT2D eigenvalue weighted by Gasteiger charge is -2.11. The molecule has 0 amide bonds. The van der Waals surface area contributed by atoms with Crippen molar-refractivity contribution in [3.05, 3.63) is 443 Å². The second-order valence-corrected chi connectivity index (χ2v) is 32.8. The highest BCUT2D eigenvalue weighted by Gasteiger charge is 2.26. The maximum atomic E-state index is 2.46. The normalized spacial score (nSPS) is 11.9. The van der Waals surface area contributed by atoms with E-state index in [1.807, 2.05) is 11.3 Å². The Bertz CT molecular complexity index is 8810. The maximum absolute atomic E-state index is 2.46. The molecule has 570 valence electrons. The first-order valence-corrected chi connectivity index (χ1v) is 42.6. The molecular weight excluding hydrogens is 1500 g/mol. The molecule has 27 rings (SSSR count). The third kappa shape index (κ3) is 10.6. The topological polar surface area (TPSA) is 34.5 Å². The van der Waals surface area contributed by atoms with Crippen LogP contribution >= 0.6 is 11.3 Å². The van der Waals surface area contributed by atoms with Crippen LogP contribution in [0.1, 0.15) is 0 Å². The van der Waals surface area contributed by atoms with Gasteiger partial charge in [-0.15, -0.1) is 11.3 Å². The summed E-state index contributed by atoms with van der Waals surface area (Å²) in [7, 11) is 0. The van der Waals surface area contributed by atoms with Crippen LogP contribution in [0.15, 0.2) is 443 Å². The lowest BCUT2D eigenvalue weighted by Crippen LogP contribution is -1.96. The van der Waals surface area contributed by atoms with Crippen LogP contribution in [0.3, 0.4) is 0 Å². The number of hydrogen-bond acceptors (Lipinski definition) is 1. The molecule has 0 spiro atoms. The predicted molar refractivity (Wildman–Crippen MR) is 518 cm³/mol. The zero-order valence-corrected chi connectivity index (χ0v) is 67.0. The van der Waals surface area contributed by atoms with Gasteiger partial charge in [0, 0.05) is 131 Å². The maximum Gasteiger partial charge on any atom is 0.0719 e. The lowest BCUT2D eigenvalue weighted by molar-refractivity contribution is 1.16. The number of hydrogen-bond donors (Lipinski definition) is 0. The monoisotopic (exact) mass is 1570 g/mol. The van der Waals surface area contributed by atoms with Crippen molar-refractivity contribution >= 4 is 184 Å². The third-order valence-corrected chi connectivity index (χ3v) is 26.4. The van der Waals surface area contributed by atoms with Crippen LogP contribution in [0.5, 0.6) is 0 Å². The Balaban J connectivity index is 0.000000101. The average molecular weight is 1570 g/mol. The second kappa shape index (κ2) is 27.8. The van der Waals surface area contributed by atoms with Gasteiger partial charge in [-0.25, -0.2) is 0 Å². The molecular formula is C114H73N7S. The fraction of sp³-hybridized carbons (Fsp3) is 0. The van der Waals surface area contributed by atoms with Gasteiger partial charge < -0.3 is 32.0 Å². The Labute approximate surface area is 704 Å². The van der Waals surface area contributed by atoms with Crippen molar-refractivity contribution in [1.82, 2.24) is 32.0 Å². The van der Waals surface area contributed by atoms with Crippen LogP contribution in [0.4, 0.5) is 0 Å². The minimum absolute atomic E-state index is 1.16. The Kier molecular flexibility index (Phi) is 15.8. The van der Waals surface area contributed by atoms with Crippen LogP contribution in [-0.2, 0) is 0 Å². The van der Waals surface area contributed by atoms with E-state index in [1.165, 1.54) is 218 Å². The standard InChI is InChI=1S/C42H27N3.C36H22N2S.C36H24N2/c1-3-13-28(14-4-1)43-35-20-10-7-17-31(35)34-27-30(23-24-38(34)43)45-37-22-12-9-19-33(37)42-40(45)26-25-39-41(42)32-18-8-11-21-36(32)44(39)29-15-5-2-6-16-29;1-2-10-23(11-3-1)38-33-21-18-24(37-31-15-7-4-12-25(31)26-13-5-8-16-32(26)37)22-30(33)28-19-20-29-27-14-6-9-17-34(27)39-36(29)35(28)38;1-3-11-25(12-4-1)26-19-21-28(22-20-26)38-32-18-10-8-16-30(32)36-34(38)24-23-33-35(36)29-15-7-9-17-31(29)37(33)27-13-5-2-6-14-27/h1-27H;1-22H;1-24H. The van der Waals surface area contributed by atoms with E-state index in [0.29, 0.717) is 0 Å². The van der Waals surface area contributed by atoms with Crippen molar-refractivity contribution in [1.29, 1.82) is 0 Å². The van der Waals surface area contributed by atoms with E-state index in [4.69, 9.17) is 0 Å². The summed E-state index contributed by atoms with van der Waals surface area (Å²) in [6, 6.07) is 160. The van der Waals surface area contributed by atoms with E-state index in [9.17, 15) is 0 Å². The van der Waals surface area contributed by atoms with Gasteiger partial charge in [0.1, 0.15) is 0 Å². The van der Waals surface area contributed by atoms with Crippen LogP contribution < -0.4 is 0 Å². The molecule has 0 atom stereocenters. The van der Waals surface area contributed by atoms with Crippen LogP contribution in [0, 0.1) is 0 Å². The fourth-order valence-electron chi connectivity index (χ4n) is 20.1. The van der Waals surface area contributed by atoms with E-state index in [0.717, 1.165) is 5.69 Å². The van der Waals surface area contributed by atoms with E-state index in [2.05, 4.69) is 475 Å². The minimum atomic E-state index is 1.16. The first kappa shape index (κ1) is 69.2. The fourth-order valence-corrected chi connectivity index (χ4v) is 21.4. The largest absolute Gasteiger partial charge is 0.309 e. The Morgan fingerprint density at radius 2 is 0.385 bits per heavy atom. The molecule has 8 aromatic heterocycles. The van der Waals surface area contributed by atoms with Gasteiger partial charge in [0.2, 0.25) is 0 Å². The highest BCUT2D eigenvalue weighted by molar-refractivity contribution is 7.26. The average Bonchev–Trinajstić information content (AvgIpc) is 1.55. The predicted octanol–water partition coefficient (Wildman–Crippen LogP) is 30.8. The van der Waals surface area contributed by atoms with Crippen LogP contribution in [-0.4, -0.2) is 32.0 Å². The van der Waals surface area contributed by atoms with Crippen LogP contribution in [0.2, 0.25) is 0 Å². The van der Waals surface area contributed by atoms with Crippen molar-refractivity contribution < 1.29 is 0 Å². The van der Waals surface area contributed by atoms with E-state index in [-0.39, 0.29) is 0 Å². The molecule has 0 fully saturated rings. The zero-order valence-electron chi connectivity index (χ0n) is 66.2. The molecule has 0 saturated carbocycles. The summed E-state index contributed by atoms with van der Waals surface area (Å²) in [5, 5.41) is 20.6. The van der Waals surface area contributed by atoms with Crippen molar-refractivity contribution in [3.8, 4) is 50.9 Å². The molecule has 0 bridgehead atoms. The van der Waals surface area contributed by atoms with Crippen molar-refractivity contribution in [2.45, 2.75) is 0 Å². The smallest absolute Gasteiger partial charge is 0.0719 e. The molecule has 0 N–H and O–H groups in total. The SMILES string of the molecule is c1ccc(-c2ccc(-n3c4ccccc4c4c5c6ccccc6n(-c6ccccc6)c5ccc43)cc2)cc1.c1ccc(-n2c3ccc(-n4c5ccccc5c5ccccc54)cc3c3ccc4c5ccccc5sc4c32)cc1.c1ccc(-n2c3ccccc3c3cc(-n4c5ccccc5c5c6c7ccccc7n(-c7ccccc7)c6ccc54)ccc32)cc1. The molecule has 0 radical (unpaired) electrons.